The zero-order valence-corrected chi connectivity index (χ0v) is 15.2. The fraction of sp³-hybridized carbons (Fsp3) is 0.0400. The van der Waals surface area contributed by atoms with Crippen LogP contribution in [0, 0.1) is 0 Å². The molecule has 0 atom stereocenters. The van der Waals surface area contributed by atoms with Crippen LogP contribution in [0.15, 0.2) is 91.0 Å². The molecule has 1 aliphatic carbocycles. The van der Waals surface area contributed by atoms with E-state index in [1.165, 1.54) is 43.1 Å². The van der Waals surface area contributed by atoms with Crippen LogP contribution in [-0.2, 0) is 6.42 Å². The average Bonchev–Trinajstić information content (AvgIpc) is 3.28. The summed E-state index contributed by atoms with van der Waals surface area (Å²) in [5.41, 5.74) is 8.14. The second-order valence-corrected chi connectivity index (χ2v) is 7.69. The van der Waals surface area contributed by atoms with Gasteiger partial charge < -0.3 is 0 Å². The number of hydrogen-bond donors (Lipinski definition) is 0. The molecule has 4 aromatic rings. The number of benzene rings is 3. The topological polar surface area (TPSA) is 0 Å². The molecule has 5 rings (SSSR count). The van der Waals surface area contributed by atoms with Gasteiger partial charge in [-0.3, -0.25) is 0 Å². The van der Waals surface area contributed by atoms with Gasteiger partial charge in [0.15, 0.2) is 0 Å². The molecule has 1 heteroatoms. The summed E-state index contributed by atoms with van der Waals surface area (Å²) < 4.78 is 0. The van der Waals surface area contributed by atoms with E-state index >= 15 is 0 Å². The minimum atomic E-state index is 1.02. The maximum absolute atomic E-state index is 2.40. The highest BCUT2D eigenvalue weighted by Crippen LogP contribution is 2.48. The van der Waals surface area contributed by atoms with Crippen LogP contribution in [0.3, 0.4) is 0 Å². The normalized spacial score (nSPS) is 12.7. The van der Waals surface area contributed by atoms with Crippen molar-refractivity contribution in [2.24, 2.45) is 0 Å². The van der Waals surface area contributed by atoms with Crippen molar-refractivity contribution in [1.29, 1.82) is 0 Å². The third-order valence-electron chi connectivity index (χ3n) is 4.93. The van der Waals surface area contributed by atoms with Gasteiger partial charge in [-0.2, -0.15) is 0 Å². The highest BCUT2D eigenvalue weighted by molar-refractivity contribution is 7.16. The first kappa shape index (κ1) is 15.4. The molecule has 0 bridgehead atoms. The molecule has 0 saturated carbocycles. The summed E-state index contributed by atoms with van der Waals surface area (Å²) in [7, 11) is 0. The van der Waals surface area contributed by atoms with E-state index in [9.17, 15) is 0 Å². The van der Waals surface area contributed by atoms with E-state index < -0.39 is 0 Å². The lowest BCUT2D eigenvalue weighted by Crippen LogP contribution is -1.83. The van der Waals surface area contributed by atoms with E-state index in [4.69, 9.17) is 0 Å². The lowest BCUT2D eigenvalue weighted by Gasteiger charge is -2.07. The van der Waals surface area contributed by atoms with Crippen LogP contribution in [0.1, 0.15) is 16.0 Å². The van der Waals surface area contributed by atoms with Crippen LogP contribution in [0.25, 0.3) is 33.2 Å². The maximum Gasteiger partial charge on any atom is 0.0430 e. The summed E-state index contributed by atoms with van der Waals surface area (Å²) in [4.78, 5) is 2.85. The van der Waals surface area contributed by atoms with Gasteiger partial charge in [-0.25, -0.2) is 0 Å². The Labute approximate surface area is 158 Å². The van der Waals surface area contributed by atoms with Crippen molar-refractivity contribution in [3.05, 3.63) is 107 Å². The molecular weight excluding hydrogens is 332 g/mol. The Morgan fingerprint density at radius 2 is 1.12 bits per heavy atom. The van der Waals surface area contributed by atoms with Gasteiger partial charge >= 0.3 is 0 Å². The summed E-state index contributed by atoms with van der Waals surface area (Å²) >= 11 is 1.94. The Hall–Kier alpha value is -2.90. The third-order valence-corrected chi connectivity index (χ3v) is 6.19. The third kappa shape index (κ3) is 2.61. The van der Waals surface area contributed by atoms with Crippen molar-refractivity contribution >= 4 is 23.0 Å². The highest BCUT2D eigenvalue weighted by atomic mass is 32.1. The van der Waals surface area contributed by atoms with Gasteiger partial charge in [0, 0.05) is 21.7 Å². The van der Waals surface area contributed by atoms with Crippen LogP contribution in [0.5, 0.6) is 0 Å². The van der Waals surface area contributed by atoms with Gasteiger partial charge in [0.1, 0.15) is 0 Å². The van der Waals surface area contributed by atoms with Crippen LogP contribution < -0.4 is 0 Å². The van der Waals surface area contributed by atoms with E-state index in [2.05, 4.69) is 97.1 Å². The summed E-state index contributed by atoms with van der Waals surface area (Å²) in [6, 6.07) is 32.3. The molecule has 0 spiro atoms. The smallest absolute Gasteiger partial charge is 0.0430 e. The molecule has 124 valence electrons. The SMILES string of the molecule is C1=C(c2ccccc2)Cc2sc(-c3ccccc3)c(-c3ccccc3)c21. The highest BCUT2D eigenvalue weighted by Gasteiger charge is 2.24. The minimum absolute atomic E-state index is 1.02. The summed E-state index contributed by atoms with van der Waals surface area (Å²) in [6.45, 7) is 0. The van der Waals surface area contributed by atoms with Crippen molar-refractivity contribution in [3.63, 3.8) is 0 Å². The van der Waals surface area contributed by atoms with Crippen LogP contribution >= 0.6 is 11.3 Å². The lowest BCUT2D eigenvalue weighted by atomic mass is 9.98. The van der Waals surface area contributed by atoms with Crippen LogP contribution in [0.2, 0.25) is 0 Å². The van der Waals surface area contributed by atoms with Gasteiger partial charge in [-0.05, 0) is 33.9 Å². The van der Waals surface area contributed by atoms with Crippen LogP contribution in [0.4, 0.5) is 0 Å². The monoisotopic (exact) mass is 350 g/mol. The number of hydrogen-bond acceptors (Lipinski definition) is 1. The fourth-order valence-corrected chi connectivity index (χ4v) is 5.02. The van der Waals surface area contributed by atoms with E-state index in [1.807, 2.05) is 11.3 Å². The Morgan fingerprint density at radius 1 is 0.577 bits per heavy atom. The van der Waals surface area contributed by atoms with E-state index in [-0.39, 0.29) is 0 Å². The summed E-state index contributed by atoms with van der Waals surface area (Å²) in [6.07, 6.45) is 3.42. The average molecular weight is 350 g/mol. The van der Waals surface area contributed by atoms with Crippen molar-refractivity contribution in [1.82, 2.24) is 0 Å². The molecule has 1 aromatic heterocycles. The fourth-order valence-electron chi connectivity index (χ4n) is 3.69. The molecule has 0 saturated heterocycles. The second-order valence-electron chi connectivity index (χ2n) is 6.59. The largest absolute Gasteiger partial charge is 0.139 e. The molecule has 0 N–H and O–H groups in total. The van der Waals surface area contributed by atoms with Gasteiger partial charge in [0.05, 0.1) is 0 Å². The number of thiophene rings is 1. The second kappa shape index (κ2) is 6.44. The predicted molar refractivity (Wildman–Crippen MR) is 113 cm³/mol. The van der Waals surface area contributed by atoms with Crippen molar-refractivity contribution < 1.29 is 0 Å². The first-order valence-electron chi connectivity index (χ1n) is 8.92. The van der Waals surface area contributed by atoms with Gasteiger partial charge in [0.2, 0.25) is 0 Å². The first-order valence-corrected chi connectivity index (χ1v) is 9.74. The standard InChI is InChI=1S/C25H18S/c1-4-10-18(11-5-1)21-16-22-23(17-21)26-25(20-14-8-3-9-15-20)24(22)19-12-6-2-7-13-19/h1-16H,17H2. The van der Waals surface area contributed by atoms with Crippen LogP contribution in [-0.4, -0.2) is 0 Å². The summed E-state index contributed by atoms with van der Waals surface area (Å²) in [5, 5.41) is 0. The molecule has 0 aliphatic heterocycles. The Balaban J connectivity index is 1.71. The zero-order valence-electron chi connectivity index (χ0n) is 14.4. The van der Waals surface area contributed by atoms with Gasteiger partial charge in [0.25, 0.3) is 0 Å². The molecule has 3 aromatic carbocycles. The molecule has 1 heterocycles. The van der Waals surface area contributed by atoms with Gasteiger partial charge in [-0.15, -0.1) is 11.3 Å². The number of allylic oxidation sites excluding steroid dienone is 1. The molecule has 0 radical (unpaired) electrons. The molecule has 0 fully saturated rings. The molecule has 26 heavy (non-hydrogen) atoms. The maximum atomic E-state index is 2.40. The van der Waals surface area contributed by atoms with E-state index in [0.717, 1.165) is 6.42 Å². The zero-order chi connectivity index (χ0) is 17.3. The Kier molecular flexibility index (Phi) is 3.80. The van der Waals surface area contributed by atoms with E-state index in [1.54, 1.807) is 0 Å². The quantitative estimate of drug-likeness (QED) is 0.367. The first-order chi connectivity index (χ1) is 12.9. The predicted octanol–water partition coefficient (Wildman–Crippen LogP) is 7.18. The molecule has 1 aliphatic rings. The number of rotatable bonds is 3. The molecular formula is C25H18S. The molecule has 0 unspecified atom stereocenters. The van der Waals surface area contributed by atoms with Crippen molar-refractivity contribution in [3.8, 4) is 21.6 Å². The van der Waals surface area contributed by atoms with Crippen molar-refractivity contribution in [2.75, 3.05) is 0 Å². The van der Waals surface area contributed by atoms with E-state index in [0.29, 0.717) is 0 Å². The minimum Gasteiger partial charge on any atom is -0.139 e. The lowest BCUT2D eigenvalue weighted by molar-refractivity contribution is 1.39. The van der Waals surface area contributed by atoms with Gasteiger partial charge in [-0.1, -0.05) is 91.0 Å². The van der Waals surface area contributed by atoms with Crippen molar-refractivity contribution in [2.45, 2.75) is 6.42 Å². The summed E-state index contributed by atoms with van der Waals surface area (Å²) in [5.74, 6) is 0. The molecule has 0 nitrogen and oxygen atoms in total. The number of fused-ring (bicyclic) bond motifs is 1. The molecule has 0 amide bonds. The Bertz CT molecular complexity index is 1070. The Morgan fingerprint density at radius 3 is 1.73 bits per heavy atom.